The number of hydrogen-bond donors (Lipinski definition) is 2. The Morgan fingerprint density at radius 3 is 2.67 bits per heavy atom. The van der Waals surface area contributed by atoms with Gasteiger partial charge in [-0.25, -0.2) is 9.97 Å². The van der Waals surface area contributed by atoms with Crippen molar-refractivity contribution >= 4 is 5.95 Å². The van der Waals surface area contributed by atoms with Gasteiger partial charge in [0, 0.05) is 31.0 Å². The van der Waals surface area contributed by atoms with Crippen molar-refractivity contribution in [3.63, 3.8) is 0 Å². The highest BCUT2D eigenvalue weighted by Gasteiger charge is 2.08. The highest BCUT2D eigenvalue weighted by molar-refractivity contribution is 5.31. The largest absolute Gasteiger partial charge is 0.392 e. The van der Waals surface area contributed by atoms with E-state index in [0.717, 1.165) is 11.3 Å². The van der Waals surface area contributed by atoms with Gasteiger partial charge in [0.15, 0.2) is 0 Å². The molecule has 0 fully saturated rings. The zero-order valence-corrected chi connectivity index (χ0v) is 9.30. The lowest BCUT2D eigenvalue weighted by Crippen LogP contribution is -2.28. The standard InChI is InChI=1S/C10H17N3O2/c1-7(15)5-13(3)10-11-4-9(6-14)8(2)12-10/h4,7,14-15H,5-6H2,1-3H3. The van der Waals surface area contributed by atoms with Crippen LogP contribution in [0.15, 0.2) is 6.20 Å². The number of nitrogens with zero attached hydrogens (tertiary/aromatic N) is 3. The molecule has 0 aliphatic heterocycles. The molecule has 0 aromatic carbocycles. The van der Waals surface area contributed by atoms with Gasteiger partial charge in [0.1, 0.15) is 0 Å². The molecule has 0 aliphatic carbocycles. The molecule has 0 spiro atoms. The topological polar surface area (TPSA) is 69.5 Å². The number of likely N-dealkylation sites (N-methyl/N-ethyl adjacent to an activating group) is 1. The van der Waals surface area contributed by atoms with E-state index in [1.165, 1.54) is 0 Å². The van der Waals surface area contributed by atoms with Crippen LogP contribution in [0, 0.1) is 6.92 Å². The van der Waals surface area contributed by atoms with E-state index >= 15 is 0 Å². The molecule has 2 N–H and O–H groups in total. The summed E-state index contributed by atoms with van der Waals surface area (Å²) in [6, 6.07) is 0. The Labute approximate surface area is 89.4 Å². The van der Waals surface area contributed by atoms with Crippen LogP contribution in [0.2, 0.25) is 0 Å². The molecular formula is C10H17N3O2. The summed E-state index contributed by atoms with van der Waals surface area (Å²) in [6.45, 7) is 3.97. The van der Waals surface area contributed by atoms with Gasteiger partial charge in [0.05, 0.1) is 12.7 Å². The number of aliphatic hydroxyl groups excluding tert-OH is 2. The maximum absolute atomic E-state index is 9.22. The quantitative estimate of drug-likeness (QED) is 0.739. The third-order valence-electron chi connectivity index (χ3n) is 2.12. The summed E-state index contributed by atoms with van der Waals surface area (Å²) in [5.74, 6) is 0.561. The monoisotopic (exact) mass is 211 g/mol. The first kappa shape index (κ1) is 11.9. The molecule has 1 rings (SSSR count). The Kier molecular flexibility index (Phi) is 3.99. The zero-order chi connectivity index (χ0) is 11.4. The maximum Gasteiger partial charge on any atom is 0.225 e. The van der Waals surface area contributed by atoms with Gasteiger partial charge >= 0.3 is 0 Å². The van der Waals surface area contributed by atoms with Gasteiger partial charge in [-0.15, -0.1) is 0 Å². The minimum absolute atomic E-state index is 0.0494. The van der Waals surface area contributed by atoms with E-state index < -0.39 is 6.10 Å². The average Bonchev–Trinajstić information content (AvgIpc) is 2.16. The van der Waals surface area contributed by atoms with Crippen LogP contribution in [0.3, 0.4) is 0 Å². The van der Waals surface area contributed by atoms with Gasteiger partial charge in [0.25, 0.3) is 0 Å². The number of aromatic nitrogens is 2. The second kappa shape index (κ2) is 5.04. The maximum atomic E-state index is 9.22. The Bertz CT molecular complexity index is 328. The van der Waals surface area contributed by atoms with Gasteiger partial charge in [-0.1, -0.05) is 0 Å². The molecule has 0 amide bonds. The predicted molar refractivity (Wildman–Crippen MR) is 57.6 cm³/mol. The molecule has 5 heteroatoms. The SMILES string of the molecule is Cc1nc(N(C)CC(C)O)ncc1CO. The summed E-state index contributed by atoms with van der Waals surface area (Å²) in [5, 5.41) is 18.2. The van der Waals surface area contributed by atoms with E-state index in [0.29, 0.717) is 12.5 Å². The van der Waals surface area contributed by atoms with Crippen molar-refractivity contribution in [1.82, 2.24) is 9.97 Å². The van der Waals surface area contributed by atoms with Crippen LogP contribution in [0.5, 0.6) is 0 Å². The molecule has 1 heterocycles. The van der Waals surface area contributed by atoms with E-state index in [1.807, 2.05) is 14.0 Å². The number of hydrogen-bond acceptors (Lipinski definition) is 5. The summed E-state index contributed by atoms with van der Waals surface area (Å²) in [6.07, 6.45) is 1.19. The average molecular weight is 211 g/mol. The third kappa shape index (κ3) is 3.14. The predicted octanol–water partition coefficient (Wildman–Crippen LogP) is 0.0943. The molecule has 1 aromatic heterocycles. The molecule has 5 nitrogen and oxygen atoms in total. The highest BCUT2D eigenvalue weighted by Crippen LogP contribution is 2.10. The third-order valence-corrected chi connectivity index (χ3v) is 2.12. The van der Waals surface area contributed by atoms with Crippen molar-refractivity contribution in [2.45, 2.75) is 26.6 Å². The van der Waals surface area contributed by atoms with Crippen LogP contribution in [0.25, 0.3) is 0 Å². The lowest BCUT2D eigenvalue weighted by Gasteiger charge is -2.19. The summed E-state index contributed by atoms with van der Waals surface area (Å²) < 4.78 is 0. The van der Waals surface area contributed by atoms with Crippen molar-refractivity contribution < 1.29 is 10.2 Å². The van der Waals surface area contributed by atoms with E-state index in [-0.39, 0.29) is 6.61 Å². The van der Waals surface area contributed by atoms with E-state index in [1.54, 1.807) is 18.0 Å². The normalized spacial score (nSPS) is 12.6. The Morgan fingerprint density at radius 1 is 1.53 bits per heavy atom. The van der Waals surface area contributed by atoms with Crippen LogP contribution >= 0.6 is 0 Å². The van der Waals surface area contributed by atoms with Gasteiger partial charge < -0.3 is 15.1 Å². The molecule has 0 saturated heterocycles. The molecule has 1 aromatic rings. The number of aliphatic hydroxyl groups is 2. The number of aryl methyl sites for hydroxylation is 1. The van der Waals surface area contributed by atoms with E-state index in [2.05, 4.69) is 9.97 Å². The second-order valence-electron chi connectivity index (χ2n) is 3.67. The van der Waals surface area contributed by atoms with Crippen LogP contribution in [-0.4, -0.2) is 39.9 Å². The summed E-state index contributed by atoms with van der Waals surface area (Å²) in [7, 11) is 1.82. The fourth-order valence-electron chi connectivity index (χ4n) is 1.30. The minimum atomic E-state index is -0.420. The van der Waals surface area contributed by atoms with Gasteiger partial charge in [-0.2, -0.15) is 0 Å². The van der Waals surface area contributed by atoms with Gasteiger partial charge in [-0.3, -0.25) is 0 Å². The first-order valence-electron chi connectivity index (χ1n) is 4.87. The molecule has 15 heavy (non-hydrogen) atoms. The van der Waals surface area contributed by atoms with Crippen molar-refractivity contribution in [1.29, 1.82) is 0 Å². The molecule has 84 valence electrons. The van der Waals surface area contributed by atoms with Gasteiger partial charge in [0.2, 0.25) is 5.95 Å². The van der Waals surface area contributed by atoms with Gasteiger partial charge in [-0.05, 0) is 13.8 Å². The van der Waals surface area contributed by atoms with Crippen molar-refractivity contribution in [3.05, 3.63) is 17.5 Å². The molecule has 1 unspecified atom stereocenters. The highest BCUT2D eigenvalue weighted by atomic mass is 16.3. The summed E-state index contributed by atoms with van der Waals surface area (Å²) in [5.41, 5.74) is 1.49. The smallest absolute Gasteiger partial charge is 0.225 e. The molecular weight excluding hydrogens is 194 g/mol. The van der Waals surface area contributed by atoms with Crippen LogP contribution in [0.4, 0.5) is 5.95 Å². The Morgan fingerprint density at radius 2 is 2.20 bits per heavy atom. The minimum Gasteiger partial charge on any atom is -0.392 e. The Hall–Kier alpha value is -1.20. The number of anilines is 1. The number of rotatable bonds is 4. The second-order valence-corrected chi connectivity index (χ2v) is 3.67. The fraction of sp³-hybridized carbons (Fsp3) is 0.600. The Balaban J connectivity index is 2.82. The lowest BCUT2D eigenvalue weighted by molar-refractivity contribution is 0.201. The molecule has 0 bridgehead atoms. The fourth-order valence-corrected chi connectivity index (χ4v) is 1.30. The van der Waals surface area contributed by atoms with Crippen LogP contribution in [-0.2, 0) is 6.61 Å². The van der Waals surface area contributed by atoms with Crippen LogP contribution in [0.1, 0.15) is 18.2 Å². The van der Waals surface area contributed by atoms with Crippen molar-refractivity contribution in [2.24, 2.45) is 0 Å². The van der Waals surface area contributed by atoms with E-state index in [4.69, 9.17) is 5.11 Å². The van der Waals surface area contributed by atoms with Crippen molar-refractivity contribution in [2.75, 3.05) is 18.5 Å². The lowest BCUT2D eigenvalue weighted by atomic mass is 10.2. The summed E-state index contributed by atoms with van der Waals surface area (Å²) in [4.78, 5) is 10.1. The first-order chi connectivity index (χ1) is 7.04. The summed E-state index contributed by atoms with van der Waals surface area (Å²) >= 11 is 0. The van der Waals surface area contributed by atoms with E-state index in [9.17, 15) is 5.11 Å². The molecule has 0 radical (unpaired) electrons. The molecule has 0 aliphatic rings. The van der Waals surface area contributed by atoms with Crippen LogP contribution < -0.4 is 4.90 Å². The van der Waals surface area contributed by atoms with Crippen molar-refractivity contribution in [3.8, 4) is 0 Å². The molecule has 0 saturated carbocycles. The first-order valence-corrected chi connectivity index (χ1v) is 4.87. The zero-order valence-electron chi connectivity index (χ0n) is 9.30. The molecule has 1 atom stereocenters.